The summed E-state index contributed by atoms with van der Waals surface area (Å²) in [5.41, 5.74) is 0.344. The Kier molecular flexibility index (Phi) is 2.77. The number of ether oxygens (including phenoxy) is 3. The summed E-state index contributed by atoms with van der Waals surface area (Å²) in [6, 6.07) is 0. The van der Waals surface area contributed by atoms with Gasteiger partial charge in [-0.1, -0.05) is 6.58 Å². The molecule has 0 aromatic rings. The lowest BCUT2D eigenvalue weighted by Crippen LogP contribution is -2.34. The van der Waals surface area contributed by atoms with Crippen LogP contribution in [0.1, 0.15) is 6.92 Å². The molecule has 15 heavy (non-hydrogen) atoms. The minimum absolute atomic E-state index is 0.233. The summed E-state index contributed by atoms with van der Waals surface area (Å²) in [5.74, 6) is -0.450. The topological polar surface area (TPSA) is 65.0 Å². The molecule has 2 aliphatic heterocycles. The highest BCUT2D eigenvalue weighted by Crippen LogP contribution is 2.28. The molecule has 2 aliphatic rings. The molecule has 2 saturated heterocycles. The molecule has 84 valence electrons. The van der Waals surface area contributed by atoms with Crippen molar-refractivity contribution < 1.29 is 24.1 Å². The second-order valence-electron chi connectivity index (χ2n) is 3.89. The second kappa shape index (κ2) is 3.92. The highest BCUT2D eigenvalue weighted by Gasteiger charge is 2.48. The fraction of sp³-hybridized carbons (Fsp3) is 0.700. The summed E-state index contributed by atoms with van der Waals surface area (Å²) in [7, 11) is 0. The number of esters is 1. The standard InChI is InChI=1S/C10H14O5/c1-5(2)10(12)15-7-4-14-8-6(11)3-13-9(7)8/h6-9,11H,1,3-4H2,2H3. The number of carbonyl (C=O) groups excluding carboxylic acids is 1. The second-order valence-corrected chi connectivity index (χ2v) is 3.89. The van der Waals surface area contributed by atoms with E-state index in [4.69, 9.17) is 14.2 Å². The van der Waals surface area contributed by atoms with E-state index in [2.05, 4.69) is 6.58 Å². The predicted octanol–water partition coefficient (Wildman–Crippen LogP) is -0.367. The minimum Gasteiger partial charge on any atom is -0.454 e. The highest BCUT2D eigenvalue weighted by atomic mass is 16.6. The smallest absolute Gasteiger partial charge is 0.333 e. The first-order valence-corrected chi connectivity index (χ1v) is 4.87. The largest absolute Gasteiger partial charge is 0.454 e. The summed E-state index contributed by atoms with van der Waals surface area (Å²) in [6.07, 6.45) is -1.77. The molecule has 0 bridgehead atoms. The number of aliphatic hydroxyl groups is 1. The van der Waals surface area contributed by atoms with E-state index in [1.54, 1.807) is 6.92 Å². The molecule has 0 aromatic heterocycles. The van der Waals surface area contributed by atoms with Gasteiger partial charge >= 0.3 is 5.97 Å². The van der Waals surface area contributed by atoms with E-state index in [0.717, 1.165) is 0 Å². The Morgan fingerprint density at radius 2 is 2.07 bits per heavy atom. The highest BCUT2D eigenvalue weighted by molar-refractivity contribution is 5.87. The zero-order valence-corrected chi connectivity index (χ0v) is 8.51. The van der Waals surface area contributed by atoms with E-state index in [9.17, 15) is 9.90 Å². The van der Waals surface area contributed by atoms with E-state index in [0.29, 0.717) is 5.57 Å². The van der Waals surface area contributed by atoms with Crippen molar-refractivity contribution in [1.29, 1.82) is 0 Å². The Bertz CT molecular complexity index is 288. The lowest BCUT2D eigenvalue weighted by molar-refractivity contribution is -0.148. The molecule has 1 N–H and O–H groups in total. The fourth-order valence-electron chi connectivity index (χ4n) is 1.78. The molecule has 2 fully saturated rings. The maximum atomic E-state index is 11.3. The zero-order valence-electron chi connectivity index (χ0n) is 8.51. The third kappa shape index (κ3) is 1.90. The Morgan fingerprint density at radius 1 is 1.40 bits per heavy atom. The van der Waals surface area contributed by atoms with Crippen LogP contribution in [-0.2, 0) is 19.0 Å². The van der Waals surface area contributed by atoms with Gasteiger partial charge in [-0.25, -0.2) is 4.79 Å². The SMILES string of the molecule is C=C(C)C(=O)OC1COC2C(O)COC12. The van der Waals surface area contributed by atoms with Crippen LogP contribution in [0.3, 0.4) is 0 Å². The third-order valence-corrected chi connectivity index (χ3v) is 2.59. The number of rotatable bonds is 2. The van der Waals surface area contributed by atoms with Gasteiger partial charge in [0.2, 0.25) is 0 Å². The van der Waals surface area contributed by atoms with E-state index < -0.39 is 18.2 Å². The fourth-order valence-corrected chi connectivity index (χ4v) is 1.78. The Hall–Kier alpha value is -0.910. The number of aliphatic hydroxyl groups excluding tert-OH is 1. The van der Waals surface area contributed by atoms with Crippen LogP contribution in [0.15, 0.2) is 12.2 Å². The van der Waals surface area contributed by atoms with E-state index >= 15 is 0 Å². The minimum atomic E-state index is -0.622. The van der Waals surface area contributed by atoms with Gasteiger partial charge in [0.1, 0.15) is 18.3 Å². The van der Waals surface area contributed by atoms with Crippen molar-refractivity contribution in [2.75, 3.05) is 13.2 Å². The number of hydrogen-bond acceptors (Lipinski definition) is 5. The molecule has 0 spiro atoms. The van der Waals surface area contributed by atoms with Crippen molar-refractivity contribution in [3.05, 3.63) is 12.2 Å². The summed E-state index contributed by atoms with van der Waals surface area (Å²) in [4.78, 5) is 11.3. The van der Waals surface area contributed by atoms with E-state index in [-0.39, 0.29) is 25.4 Å². The van der Waals surface area contributed by atoms with Gasteiger partial charge in [-0.3, -0.25) is 0 Å². The molecule has 5 heteroatoms. The Labute approximate surface area is 87.6 Å². The Morgan fingerprint density at radius 3 is 2.73 bits per heavy atom. The van der Waals surface area contributed by atoms with Gasteiger partial charge in [0.25, 0.3) is 0 Å². The first-order chi connectivity index (χ1) is 7.09. The van der Waals surface area contributed by atoms with E-state index in [1.165, 1.54) is 0 Å². The summed E-state index contributed by atoms with van der Waals surface area (Å²) in [6.45, 7) is 5.58. The lowest BCUT2D eigenvalue weighted by atomic mass is 10.1. The maximum Gasteiger partial charge on any atom is 0.333 e. The molecular weight excluding hydrogens is 200 g/mol. The van der Waals surface area contributed by atoms with Gasteiger partial charge in [-0.15, -0.1) is 0 Å². The van der Waals surface area contributed by atoms with Crippen LogP contribution in [0, 0.1) is 0 Å². The van der Waals surface area contributed by atoms with Crippen LogP contribution in [0.25, 0.3) is 0 Å². The van der Waals surface area contributed by atoms with Crippen LogP contribution in [0.4, 0.5) is 0 Å². The summed E-state index contributed by atoms with van der Waals surface area (Å²) < 4.78 is 15.7. The van der Waals surface area contributed by atoms with Crippen LogP contribution in [0.2, 0.25) is 0 Å². The van der Waals surface area contributed by atoms with Crippen molar-refractivity contribution in [2.45, 2.75) is 31.3 Å². The zero-order chi connectivity index (χ0) is 11.0. The molecule has 0 saturated carbocycles. The Balaban J connectivity index is 1.95. The molecule has 0 radical (unpaired) electrons. The summed E-state index contributed by atoms with van der Waals surface area (Å²) >= 11 is 0. The summed E-state index contributed by atoms with van der Waals surface area (Å²) in [5, 5.41) is 9.45. The number of fused-ring (bicyclic) bond motifs is 1. The van der Waals surface area contributed by atoms with Crippen LogP contribution in [-0.4, -0.2) is 48.7 Å². The monoisotopic (exact) mass is 214 g/mol. The normalized spacial score (nSPS) is 38.8. The third-order valence-electron chi connectivity index (χ3n) is 2.59. The molecule has 4 atom stereocenters. The first kappa shape index (κ1) is 10.6. The van der Waals surface area contributed by atoms with Crippen molar-refractivity contribution in [2.24, 2.45) is 0 Å². The quantitative estimate of drug-likeness (QED) is 0.502. The van der Waals surface area contributed by atoms with Crippen LogP contribution < -0.4 is 0 Å². The molecule has 4 unspecified atom stereocenters. The van der Waals surface area contributed by atoms with Crippen LogP contribution in [0.5, 0.6) is 0 Å². The van der Waals surface area contributed by atoms with Gasteiger partial charge in [0, 0.05) is 5.57 Å². The number of hydrogen-bond donors (Lipinski definition) is 1. The van der Waals surface area contributed by atoms with Gasteiger partial charge in [-0.2, -0.15) is 0 Å². The van der Waals surface area contributed by atoms with Gasteiger partial charge in [0.05, 0.1) is 13.2 Å². The van der Waals surface area contributed by atoms with Crippen molar-refractivity contribution >= 4 is 5.97 Å². The predicted molar refractivity (Wildman–Crippen MR) is 50.2 cm³/mol. The molecule has 0 aromatic carbocycles. The number of carbonyl (C=O) groups is 1. The molecule has 0 aliphatic carbocycles. The molecular formula is C10H14O5. The molecule has 5 nitrogen and oxygen atoms in total. The van der Waals surface area contributed by atoms with Gasteiger partial charge in [0.15, 0.2) is 6.10 Å². The van der Waals surface area contributed by atoms with Crippen molar-refractivity contribution in [3.63, 3.8) is 0 Å². The molecule has 2 rings (SSSR count). The van der Waals surface area contributed by atoms with Crippen molar-refractivity contribution in [3.8, 4) is 0 Å². The van der Waals surface area contributed by atoms with Gasteiger partial charge in [-0.05, 0) is 6.92 Å². The lowest BCUT2D eigenvalue weighted by Gasteiger charge is -2.16. The molecule has 0 amide bonds. The van der Waals surface area contributed by atoms with Crippen LogP contribution >= 0.6 is 0 Å². The maximum absolute atomic E-state index is 11.3. The van der Waals surface area contributed by atoms with Gasteiger partial charge < -0.3 is 19.3 Å². The molecule has 2 heterocycles. The van der Waals surface area contributed by atoms with Crippen molar-refractivity contribution in [1.82, 2.24) is 0 Å². The average Bonchev–Trinajstić information content (AvgIpc) is 2.71. The average molecular weight is 214 g/mol. The first-order valence-electron chi connectivity index (χ1n) is 4.87. The van der Waals surface area contributed by atoms with E-state index in [1.807, 2.05) is 0 Å².